The van der Waals surface area contributed by atoms with E-state index in [1.165, 1.54) is 19.3 Å². The fourth-order valence-electron chi connectivity index (χ4n) is 1.44. The average Bonchev–Trinajstić information content (AvgIpc) is 1.47. The molecule has 0 atom stereocenters. The van der Waals surface area contributed by atoms with Crippen molar-refractivity contribution in [3.05, 3.63) is 0 Å². The van der Waals surface area contributed by atoms with Crippen LogP contribution in [0.15, 0.2) is 0 Å². The quantitative estimate of drug-likeness (QED) is 0.498. The highest BCUT2D eigenvalue weighted by Gasteiger charge is 2.31. The zero-order valence-corrected chi connectivity index (χ0v) is 5.10. The van der Waals surface area contributed by atoms with Crippen LogP contribution in [-0.4, -0.2) is 13.2 Å². The van der Waals surface area contributed by atoms with Crippen LogP contribution in [-0.2, 0) is 4.74 Å². The minimum Gasteiger partial charge on any atom is -0.381 e. The molecule has 1 heteroatoms. The van der Waals surface area contributed by atoms with Gasteiger partial charge >= 0.3 is 0 Å². The van der Waals surface area contributed by atoms with Crippen LogP contribution in [0.3, 0.4) is 0 Å². The Labute approximate surface area is 50.0 Å². The number of hydrogen-bond donors (Lipinski definition) is 0. The van der Waals surface area contributed by atoms with Crippen molar-refractivity contribution in [2.45, 2.75) is 19.3 Å². The summed E-state index contributed by atoms with van der Waals surface area (Å²) in [5.41, 5.74) is 0. The van der Waals surface area contributed by atoms with Crippen molar-refractivity contribution in [2.24, 2.45) is 11.8 Å². The van der Waals surface area contributed by atoms with Crippen molar-refractivity contribution in [3.8, 4) is 0 Å². The Morgan fingerprint density at radius 3 is 1.88 bits per heavy atom. The second-order valence-corrected chi connectivity index (χ2v) is 2.99. The summed E-state index contributed by atoms with van der Waals surface area (Å²) in [5.74, 6) is 2.02. The van der Waals surface area contributed by atoms with Crippen LogP contribution in [0, 0.1) is 11.8 Å². The summed E-state index contributed by atoms with van der Waals surface area (Å²) in [6, 6.07) is 0. The third-order valence-corrected chi connectivity index (χ3v) is 2.48. The van der Waals surface area contributed by atoms with Gasteiger partial charge in [-0.25, -0.2) is 0 Å². The molecule has 2 fully saturated rings. The van der Waals surface area contributed by atoms with E-state index in [2.05, 4.69) is 0 Å². The summed E-state index contributed by atoms with van der Waals surface area (Å²) in [6.45, 7) is 2.12. The molecule has 46 valence electrons. The lowest BCUT2D eigenvalue weighted by Gasteiger charge is -2.38. The molecular weight excluding hydrogens is 100 g/mol. The van der Waals surface area contributed by atoms with Crippen LogP contribution in [0.2, 0.25) is 0 Å². The van der Waals surface area contributed by atoms with Gasteiger partial charge < -0.3 is 4.74 Å². The van der Waals surface area contributed by atoms with Gasteiger partial charge in [0.2, 0.25) is 0 Å². The lowest BCUT2D eigenvalue weighted by molar-refractivity contribution is -0.0771. The molecule has 0 unspecified atom stereocenters. The number of rotatable bonds is 1. The largest absolute Gasteiger partial charge is 0.381 e. The summed E-state index contributed by atoms with van der Waals surface area (Å²) >= 11 is 0. The number of hydrogen-bond acceptors (Lipinski definition) is 1. The molecule has 0 aromatic rings. The van der Waals surface area contributed by atoms with Gasteiger partial charge in [0.15, 0.2) is 0 Å². The molecule has 0 spiro atoms. The Hall–Kier alpha value is -0.0400. The van der Waals surface area contributed by atoms with Gasteiger partial charge in [0.1, 0.15) is 0 Å². The molecule has 1 aliphatic heterocycles. The fraction of sp³-hybridized carbons (Fsp3) is 1.00. The predicted molar refractivity (Wildman–Crippen MR) is 31.6 cm³/mol. The van der Waals surface area contributed by atoms with Gasteiger partial charge in [0.25, 0.3) is 0 Å². The highest BCUT2D eigenvalue weighted by molar-refractivity contribution is 4.80. The first-order chi connectivity index (χ1) is 3.97. The molecule has 1 heterocycles. The zero-order chi connectivity index (χ0) is 5.40. The van der Waals surface area contributed by atoms with Crippen molar-refractivity contribution in [2.75, 3.05) is 13.2 Å². The lowest BCUT2D eigenvalue weighted by atomic mass is 9.75. The second kappa shape index (κ2) is 1.73. The molecule has 1 aliphatic carbocycles. The van der Waals surface area contributed by atoms with Crippen molar-refractivity contribution < 1.29 is 4.74 Å². The SMILES string of the molecule is C1CC(C2COC2)C1. The maximum absolute atomic E-state index is 5.09. The fourth-order valence-corrected chi connectivity index (χ4v) is 1.44. The first-order valence-electron chi connectivity index (χ1n) is 3.54. The molecule has 0 N–H and O–H groups in total. The average molecular weight is 112 g/mol. The third-order valence-electron chi connectivity index (χ3n) is 2.48. The Balaban J connectivity index is 1.79. The Bertz CT molecular complexity index is 70.4. The lowest BCUT2D eigenvalue weighted by Crippen LogP contribution is -2.37. The minimum atomic E-state index is 0.962. The van der Waals surface area contributed by atoms with E-state index in [1.807, 2.05) is 0 Å². The second-order valence-electron chi connectivity index (χ2n) is 2.99. The molecule has 0 bridgehead atoms. The minimum absolute atomic E-state index is 0.962. The molecule has 0 aromatic carbocycles. The van der Waals surface area contributed by atoms with Gasteiger partial charge in [0, 0.05) is 5.92 Å². The highest BCUT2D eigenvalue weighted by Crippen LogP contribution is 2.36. The Morgan fingerprint density at radius 1 is 1.00 bits per heavy atom. The molecular formula is C7H12O. The van der Waals surface area contributed by atoms with E-state index in [4.69, 9.17) is 4.74 Å². The topological polar surface area (TPSA) is 9.23 Å². The van der Waals surface area contributed by atoms with Gasteiger partial charge in [-0.1, -0.05) is 19.3 Å². The summed E-state index contributed by atoms with van der Waals surface area (Å²) in [7, 11) is 0. The van der Waals surface area contributed by atoms with Crippen molar-refractivity contribution in [1.82, 2.24) is 0 Å². The zero-order valence-electron chi connectivity index (χ0n) is 5.10. The molecule has 0 amide bonds. The maximum Gasteiger partial charge on any atom is 0.0519 e. The van der Waals surface area contributed by atoms with Crippen LogP contribution in [0.5, 0.6) is 0 Å². The van der Waals surface area contributed by atoms with Gasteiger partial charge in [0.05, 0.1) is 13.2 Å². The van der Waals surface area contributed by atoms with Crippen molar-refractivity contribution in [1.29, 1.82) is 0 Å². The predicted octanol–water partition coefficient (Wildman–Crippen LogP) is 1.43. The summed E-state index contributed by atoms with van der Waals surface area (Å²) in [4.78, 5) is 0. The van der Waals surface area contributed by atoms with E-state index in [0.29, 0.717) is 0 Å². The van der Waals surface area contributed by atoms with E-state index < -0.39 is 0 Å². The van der Waals surface area contributed by atoms with Crippen LogP contribution in [0.1, 0.15) is 19.3 Å². The smallest absolute Gasteiger partial charge is 0.0519 e. The molecule has 0 aromatic heterocycles. The standard InChI is InChI=1S/C7H12O/c1-2-6(3-1)7-4-8-5-7/h6-7H,1-5H2. The third kappa shape index (κ3) is 0.576. The van der Waals surface area contributed by atoms with Gasteiger partial charge in [-0.2, -0.15) is 0 Å². The van der Waals surface area contributed by atoms with E-state index in [0.717, 1.165) is 25.0 Å². The summed E-state index contributed by atoms with van der Waals surface area (Å²) < 4.78 is 5.09. The van der Waals surface area contributed by atoms with E-state index in [-0.39, 0.29) is 0 Å². The van der Waals surface area contributed by atoms with Gasteiger partial charge in [-0.05, 0) is 5.92 Å². The van der Waals surface area contributed by atoms with Gasteiger partial charge in [-0.3, -0.25) is 0 Å². The molecule has 8 heavy (non-hydrogen) atoms. The molecule has 2 rings (SSSR count). The number of ether oxygens (including phenoxy) is 1. The highest BCUT2D eigenvalue weighted by atomic mass is 16.5. The normalized spacial score (nSPS) is 31.5. The van der Waals surface area contributed by atoms with Crippen molar-refractivity contribution >= 4 is 0 Å². The monoisotopic (exact) mass is 112 g/mol. The van der Waals surface area contributed by atoms with Crippen LogP contribution >= 0.6 is 0 Å². The van der Waals surface area contributed by atoms with E-state index in [1.54, 1.807) is 0 Å². The van der Waals surface area contributed by atoms with Crippen LogP contribution in [0.25, 0.3) is 0 Å². The molecule has 1 saturated heterocycles. The molecule has 2 aliphatic rings. The first-order valence-corrected chi connectivity index (χ1v) is 3.54. The maximum atomic E-state index is 5.09. The van der Waals surface area contributed by atoms with Crippen LogP contribution < -0.4 is 0 Å². The van der Waals surface area contributed by atoms with Crippen LogP contribution in [0.4, 0.5) is 0 Å². The Kier molecular flexibility index (Phi) is 1.04. The molecule has 1 saturated carbocycles. The van der Waals surface area contributed by atoms with Crippen molar-refractivity contribution in [3.63, 3.8) is 0 Å². The molecule has 1 nitrogen and oxygen atoms in total. The summed E-state index contributed by atoms with van der Waals surface area (Å²) in [6.07, 6.45) is 4.43. The Morgan fingerprint density at radius 2 is 1.75 bits per heavy atom. The van der Waals surface area contributed by atoms with Gasteiger partial charge in [-0.15, -0.1) is 0 Å². The van der Waals surface area contributed by atoms with E-state index in [9.17, 15) is 0 Å². The summed E-state index contributed by atoms with van der Waals surface area (Å²) in [5, 5.41) is 0. The van der Waals surface area contributed by atoms with E-state index >= 15 is 0 Å². The first kappa shape index (κ1) is 4.80. The molecule has 0 radical (unpaired) electrons.